The first kappa shape index (κ1) is 10.0. The first-order chi connectivity index (χ1) is 4.77. The van der Waals surface area contributed by atoms with Crippen molar-refractivity contribution in [3.8, 4) is 0 Å². The van der Waals surface area contributed by atoms with Crippen LogP contribution in [0.4, 0.5) is 0 Å². The first-order valence-corrected chi connectivity index (χ1v) is 4.50. The Labute approximate surface area is 69.3 Å². The van der Waals surface area contributed by atoms with E-state index in [1.54, 1.807) is 0 Å². The second kappa shape index (κ2) is 7.14. The fraction of sp³-hybridized carbons (Fsp3) is 0.778. The Bertz CT molecular complexity index is 90.9. The molecule has 0 saturated heterocycles. The summed E-state index contributed by atoms with van der Waals surface area (Å²) >= 11 is 5.53. The maximum atomic E-state index is 5.53. The summed E-state index contributed by atoms with van der Waals surface area (Å²) in [6.07, 6.45) is 7.23. The third-order valence-corrected chi connectivity index (χ3v) is 1.66. The van der Waals surface area contributed by atoms with Gasteiger partial charge in [-0.3, -0.25) is 0 Å². The fourth-order valence-electron chi connectivity index (χ4n) is 0.806. The van der Waals surface area contributed by atoms with E-state index >= 15 is 0 Å². The molecule has 0 aliphatic heterocycles. The van der Waals surface area contributed by atoms with Crippen molar-refractivity contribution < 1.29 is 0 Å². The summed E-state index contributed by atoms with van der Waals surface area (Å²) in [5.41, 5.74) is 1.42. The van der Waals surface area contributed by atoms with Gasteiger partial charge in [0.2, 0.25) is 0 Å². The Balaban J connectivity index is 2.98. The molecule has 0 rings (SSSR count). The lowest BCUT2D eigenvalue weighted by atomic mass is 10.1. The van der Waals surface area contributed by atoms with Gasteiger partial charge in [0, 0.05) is 5.88 Å². The predicted molar refractivity (Wildman–Crippen MR) is 48.6 cm³/mol. The Kier molecular flexibility index (Phi) is 7.16. The van der Waals surface area contributed by atoms with Crippen molar-refractivity contribution in [2.75, 3.05) is 5.88 Å². The van der Waals surface area contributed by atoms with Gasteiger partial charge >= 0.3 is 0 Å². The average Bonchev–Trinajstić information content (AvgIpc) is 1.87. The highest BCUT2D eigenvalue weighted by Gasteiger charge is 1.85. The lowest BCUT2D eigenvalue weighted by molar-refractivity contribution is 0.730. The summed E-state index contributed by atoms with van der Waals surface area (Å²) in [6.45, 7) is 4.28. The smallest absolute Gasteiger partial charge is 0.0223 e. The highest BCUT2D eigenvalue weighted by molar-refractivity contribution is 6.17. The third kappa shape index (κ3) is 8.03. The molecule has 60 valence electrons. The quantitative estimate of drug-likeness (QED) is 0.327. The molecule has 0 saturated carbocycles. The number of unbranched alkanes of at least 4 members (excludes halogenated alkanes) is 3. The van der Waals surface area contributed by atoms with Crippen LogP contribution in [0.1, 0.15) is 39.5 Å². The molecule has 0 atom stereocenters. The molecule has 0 spiro atoms. The summed E-state index contributed by atoms with van der Waals surface area (Å²) < 4.78 is 0. The van der Waals surface area contributed by atoms with Crippen molar-refractivity contribution in [1.82, 2.24) is 0 Å². The lowest BCUT2D eigenvalue weighted by Gasteiger charge is -1.93. The molecule has 0 heterocycles. The minimum atomic E-state index is 0.814. The molecule has 10 heavy (non-hydrogen) atoms. The van der Waals surface area contributed by atoms with Crippen LogP contribution >= 0.6 is 11.6 Å². The van der Waals surface area contributed by atoms with E-state index in [4.69, 9.17) is 11.6 Å². The zero-order valence-corrected chi connectivity index (χ0v) is 7.75. The second-order valence-electron chi connectivity index (χ2n) is 2.82. The molecule has 0 aliphatic rings. The highest BCUT2D eigenvalue weighted by Crippen LogP contribution is 2.03. The minimum absolute atomic E-state index is 0.814. The average molecular weight is 161 g/mol. The van der Waals surface area contributed by atoms with Crippen LogP contribution in [0.15, 0.2) is 11.6 Å². The summed E-state index contributed by atoms with van der Waals surface area (Å²) in [5, 5.41) is 0. The maximum absolute atomic E-state index is 5.53. The predicted octanol–water partition coefficient (Wildman–Crippen LogP) is 3.75. The molecule has 1 heteroatoms. The number of allylic oxidation sites excluding steroid dienone is 2. The Morgan fingerprint density at radius 2 is 1.90 bits per heavy atom. The molecular formula is C9H17Cl. The SMILES string of the molecule is CC(C)=CCCCCCCl. The number of hydrogen-bond acceptors (Lipinski definition) is 0. The van der Waals surface area contributed by atoms with Crippen molar-refractivity contribution in [3.05, 3.63) is 11.6 Å². The molecule has 0 aromatic carbocycles. The lowest BCUT2D eigenvalue weighted by Crippen LogP contribution is -1.76. The number of rotatable bonds is 5. The van der Waals surface area contributed by atoms with Gasteiger partial charge in [0.25, 0.3) is 0 Å². The van der Waals surface area contributed by atoms with E-state index in [0.29, 0.717) is 0 Å². The van der Waals surface area contributed by atoms with Crippen molar-refractivity contribution in [3.63, 3.8) is 0 Å². The standard InChI is InChI=1S/C9H17Cl/c1-9(2)7-5-3-4-6-8-10/h7H,3-6,8H2,1-2H3. The van der Waals surface area contributed by atoms with Crippen molar-refractivity contribution in [1.29, 1.82) is 0 Å². The van der Waals surface area contributed by atoms with Crippen LogP contribution < -0.4 is 0 Å². The summed E-state index contributed by atoms with van der Waals surface area (Å²) in [4.78, 5) is 0. The van der Waals surface area contributed by atoms with E-state index in [2.05, 4.69) is 19.9 Å². The zero-order valence-electron chi connectivity index (χ0n) is 6.99. The Morgan fingerprint density at radius 3 is 2.40 bits per heavy atom. The molecule has 0 radical (unpaired) electrons. The topological polar surface area (TPSA) is 0 Å². The number of halogens is 1. The van der Waals surface area contributed by atoms with Crippen LogP contribution in [0.5, 0.6) is 0 Å². The van der Waals surface area contributed by atoms with Gasteiger partial charge in [0.1, 0.15) is 0 Å². The van der Waals surface area contributed by atoms with Crippen LogP contribution in [0.2, 0.25) is 0 Å². The van der Waals surface area contributed by atoms with Crippen LogP contribution in [-0.2, 0) is 0 Å². The molecule has 0 N–H and O–H groups in total. The van der Waals surface area contributed by atoms with E-state index in [0.717, 1.165) is 12.3 Å². The van der Waals surface area contributed by atoms with Gasteiger partial charge in [-0.05, 0) is 33.1 Å². The minimum Gasteiger partial charge on any atom is -0.127 e. The van der Waals surface area contributed by atoms with Gasteiger partial charge in [0.15, 0.2) is 0 Å². The molecule has 0 fully saturated rings. The molecule has 0 aliphatic carbocycles. The van der Waals surface area contributed by atoms with Crippen LogP contribution in [0.3, 0.4) is 0 Å². The second-order valence-corrected chi connectivity index (χ2v) is 3.20. The van der Waals surface area contributed by atoms with E-state index in [9.17, 15) is 0 Å². The molecule has 0 aromatic heterocycles. The van der Waals surface area contributed by atoms with Crippen molar-refractivity contribution >= 4 is 11.6 Å². The van der Waals surface area contributed by atoms with E-state index in [1.165, 1.54) is 24.8 Å². The number of alkyl halides is 1. The summed E-state index contributed by atoms with van der Waals surface area (Å²) in [6, 6.07) is 0. The van der Waals surface area contributed by atoms with Crippen LogP contribution in [0, 0.1) is 0 Å². The fourth-order valence-corrected chi connectivity index (χ4v) is 0.995. The van der Waals surface area contributed by atoms with Gasteiger partial charge < -0.3 is 0 Å². The number of hydrogen-bond donors (Lipinski definition) is 0. The maximum Gasteiger partial charge on any atom is 0.0223 e. The molecule has 0 unspecified atom stereocenters. The molecule has 0 aromatic rings. The van der Waals surface area contributed by atoms with E-state index in [1.807, 2.05) is 0 Å². The van der Waals surface area contributed by atoms with Crippen molar-refractivity contribution in [2.24, 2.45) is 0 Å². The van der Waals surface area contributed by atoms with Gasteiger partial charge in [0.05, 0.1) is 0 Å². The first-order valence-electron chi connectivity index (χ1n) is 3.96. The monoisotopic (exact) mass is 160 g/mol. The third-order valence-electron chi connectivity index (χ3n) is 1.39. The highest BCUT2D eigenvalue weighted by atomic mass is 35.5. The van der Waals surface area contributed by atoms with Gasteiger partial charge in [-0.25, -0.2) is 0 Å². The molecular weight excluding hydrogens is 144 g/mol. The molecule has 0 amide bonds. The summed E-state index contributed by atoms with van der Waals surface area (Å²) in [5.74, 6) is 0.814. The normalized spacial score (nSPS) is 9.50. The van der Waals surface area contributed by atoms with Crippen LogP contribution in [-0.4, -0.2) is 5.88 Å². The largest absolute Gasteiger partial charge is 0.127 e. The van der Waals surface area contributed by atoms with E-state index < -0.39 is 0 Å². The van der Waals surface area contributed by atoms with Crippen LogP contribution in [0.25, 0.3) is 0 Å². The summed E-state index contributed by atoms with van der Waals surface area (Å²) in [7, 11) is 0. The van der Waals surface area contributed by atoms with E-state index in [-0.39, 0.29) is 0 Å². The van der Waals surface area contributed by atoms with Gasteiger partial charge in [-0.15, -0.1) is 11.6 Å². The molecule has 0 bridgehead atoms. The van der Waals surface area contributed by atoms with Crippen molar-refractivity contribution in [2.45, 2.75) is 39.5 Å². The zero-order chi connectivity index (χ0) is 7.82. The van der Waals surface area contributed by atoms with Gasteiger partial charge in [-0.1, -0.05) is 18.1 Å². The Morgan fingerprint density at radius 1 is 1.20 bits per heavy atom. The van der Waals surface area contributed by atoms with Gasteiger partial charge in [-0.2, -0.15) is 0 Å². The Hall–Kier alpha value is 0.0300. The molecule has 0 nitrogen and oxygen atoms in total.